The second-order valence-electron chi connectivity index (χ2n) is 4.04. The SMILES string of the molecule is O=C(Nc1ccc([N+](=O)[O-])cc1Cl)c1cc(O)ccc1Cl. The standard InChI is InChI=1S/C13H8Cl2N2O4/c14-10-3-2-8(18)6-9(10)13(19)16-12-4-1-7(17(20)21)5-11(12)15/h1-6,18H,(H,16,19). The predicted molar refractivity (Wildman–Crippen MR) is 79.2 cm³/mol. The van der Waals surface area contributed by atoms with E-state index in [2.05, 4.69) is 5.32 Å². The lowest BCUT2D eigenvalue weighted by Crippen LogP contribution is -2.12. The number of phenols is 1. The van der Waals surface area contributed by atoms with Crippen LogP contribution >= 0.6 is 23.2 Å². The van der Waals surface area contributed by atoms with E-state index < -0.39 is 10.8 Å². The van der Waals surface area contributed by atoms with Crippen molar-refractivity contribution >= 4 is 40.5 Å². The van der Waals surface area contributed by atoms with Gasteiger partial charge in [0.15, 0.2) is 0 Å². The van der Waals surface area contributed by atoms with Crippen molar-refractivity contribution in [2.45, 2.75) is 0 Å². The fourth-order valence-electron chi connectivity index (χ4n) is 1.60. The molecule has 2 N–H and O–H groups in total. The van der Waals surface area contributed by atoms with Crippen molar-refractivity contribution in [1.82, 2.24) is 0 Å². The molecule has 2 aromatic carbocycles. The molecule has 21 heavy (non-hydrogen) atoms. The zero-order valence-electron chi connectivity index (χ0n) is 10.3. The Bertz CT molecular complexity index is 734. The van der Waals surface area contributed by atoms with Gasteiger partial charge in [0.1, 0.15) is 5.75 Å². The molecule has 0 spiro atoms. The number of hydrogen-bond donors (Lipinski definition) is 2. The molecule has 2 aromatic rings. The molecule has 6 nitrogen and oxygen atoms in total. The van der Waals surface area contributed by atoms with E-state index in [-0.39, 0.29) is 32.7 Å². The minimum Gasteiger partial charge on any atom is -0.508 e. The first-order chi connectivity index (χ1) is 9.88. The van der Waals surface area contributed by atoms with E-state index in [0.29, 0.717) is 0 Å². The number of phenolic OH excluding ortho intramolecular Hbond substituents is 1. The fourth-order valence-corrected chi connectivity index (χ4v) is 2.02. The second-order valence-corrected chi connectivity index (χ2v) is 4.85. The van der Waals surface area contributed by atoms with Gasteiger partial charge in [-0.1, -0.05) is 23.2 Å². The summed E-state index contributed by atoms with van der Waals surface area (Å²) in [4.78, 5) is 22.1. The molecule has 0 saturated heterocycles. The average molecular weight is 327 g/mol. The van der Waals surface area contributed by atoms with Crippen LogP contribution < -0.4 is 5.32 Å². The van der Waals surface area contributed by atoms with Gasteiger partial charge >= 0.3 is 0 Å². The molecule has 0 aliphatic carbocycles. The first kappa shape index (κ1) is 15.1. The summed E-state index contributed by atoms with van der Waals surface area (Å²) in [6.45, 7) is 0. The highest BCUT2D eigenvalue weighted by Gasteiger charge is 2.15. The number of non-ortho nitro benzene ring substituents is 1. The summed E-state index contributed by atoms with van der Waals surface area (Å²) in [5.74, 6) is -0.703. The lowest BCUT2D eigenvalue weighted by Gasteiger charge is -2.08. The summed E-state index contributed by atoms with van der Waals surface area (Å²) >= 11 is 11.7. The highest BCUT2D eigenvalue weighted by molar-refractivity contribution is 6.36. The Hall–Kier alpha value is -2.31. The summed E-state index contributed by atoms with van der Waals surface area (Å²) < 4.78 is 0. The number of aromatic hydroxyl groups is 1. The summed E-state index contributed by atoms with van der Waals surface area (Å²) in [5, 5.41) is 22.6. The van der Waals surface area contributed by atoms with Crippen LogP contribution in [0.3, 0.4) is 0 Å². The largest absolute Gasteiger partial charge is 0.508 e. The van der Waals surface area contributed by atoms with Crippen molar-refractivity contribution in [2.24, 2.45) is 0 Å². The van der Waals surface area contributed by atoms with Gasteiger partial charge in [0, 0.05) is 12.1 Å². The van der Waals surface area contributed by atoms with Crippen molar-refractivity contribution in [2.75, 3.05) is 5.32 Å². The van der Waals surface area contributed by atoms with Gasteiger partial charge in [-0.15, -0.1) is 0 Å². The molecule has 0 bridgehead atoms. The number of rotatable bonds is 3. The zero-order chi connectivity index (χ0) is 15.6. The minimum absolute atomic E-state index is 0.0221. The van der Waals surface area contributed by atoms with Crippen LogP contribution in [0.4, 0.5) is 11.4 Å². The number of amides is 1. The van der Waals surface area contributed by atoms with E-state index in [1.807, 2.05) is 0 Å². The van der Waals surface area contributed by atoms with Crippen LogP contribution in [-0.2, 0) is 0 Å². The maximum atomic E-state index is 12.1. The highest BCUT2D eigenvalue weighted by atomic mass is 35.5. The molecule has 0 fully saturated rings. The summed E-state index contributed by atoms with van der Waals surface area (Å²) in [5.41, 5.74) is 0.0751. The molecule has 0 unspecified atom stereocenters. The van der Waals surface area contributed by atoms with Gasteiger partial charge in [-0.05, 0) is 24.3 Å². The zero-order valence-corrected chi connectivity index (χ0v) is 11.9. The molecule has 1 amide bonds. The van der Waals surface area contributed by atoms with Crippen LogP contribution in [0.5, 0.6) is 5.75 Å². The molecule has 2 rings (SSSR count). The monoisotopic (exact) mass is 326 g/mol. The van der Waals surface area contributed by atoms with Crippen LogP contribution in [0.25, 0.3) is 0 Å². The third kappa shape index (κ3) is 3.42. The summed E-state index contributed by atoms with van der Waals surface area (Å²) in [6, 6.07) is 7.58. The number of nitro groups is 1. The van der Waals surface area contributed by atoms with Crippen LogP contribution in [-0.4, -0.2) is 15.9 Å². The lowest BCUT2D eigenvalue weighted by molar-refractivity contribution is -0.384. The molecular formula is C13H8Cl2N2O4. The lowest BCUT2D eigenvalue weighted by atomic mass is 10.2. The van der Waals surface area contributed by atoms with Crippen LogP contribution in [0.2, 0.25) is 10.0 Å². The number of nitrogens with one attached hydrogen (secondary N) is 1. The number of nitro benzene ring substituents is 1. The number of anilines is 1. The third-order valence-electron chi connectivity index (χ3n) is 2.61. The molecular weight excluding hydrogens is 319 g/mol. The molecule has 0 aliphatic heterocycles. The molecule has 0 aromatic heterocycles. The molecule has 0 radical (unpaired) electrons. The van der Waals surface area contributed by atoms with Crippen molar-refractivity contribution < 1.29 is 14.8 Å². The maximum Gasteiger partial charge on any atom is 0.271 e. The molecule has 0 heterocycles. The molecule has 108 valence electrons. The number of halogens is 2. The van der Waals surface area contributed by atoms with Crippen molar-refractivity contribution in [3.05, 3.63) is 62.1 Å². The quantitative estimate of drug-likeness (QED) is 0.661. The Labute approximate surface area is 129 Å². The van der Waals surface area contributed by atoms with E-state index in [1.54, 1.807) is 0 Å². The van der Waals surface area contributed by atoms with Crippen LogP contribution in [0.15, 0.2) is 36.4 Å². The predicted octanol–water partition coefficient (Wildman–Crippen LogP) is 3.86. The van der Waals surface area contributed by atoms with Gasteiger partial charge < -0.3 is 10.4 Å². The number of benzene rings is 2. The number of carbonyl (C=O) groups is 1. The molecule has 8 heteroatoms. The Morgan fingerprint density at radius 3 is 2.48 bits per heavy atom. The number of hydrogen-bond acceptors (Lipinski definition) is 4. The maximum absolute atomic E-state index is 12.1. The topological polar surface area (TPSA) is 92.5 Å². The minimum atomic E-state index is -0.594. The fraction of sp³-hybridized carbons (Fsp3) is 0. The molecule has 0 atom stereocenters. The highest BCUT2D eigenvalue weighted by Crippen LogP contribution is 2.28. The van der Waals surface area contributed by atoms with E-state index >= 15 is 0 Å². The number of carbonyl (C=O) groups excluding carboxylic acids is 1. The van der Waals surface area contributed by atoms with Gasteiger partial charge in [-0.2, -0.15) is 0 Å². The second kappa shape index (κ2) is 5.99. The van der Waals surface area contributed by atoms with E-state index in [0.717, 1.165) is 6.07 Å². The summed E-state index contributed by atoms with van der Waals surface area (Å²) in [7, 11) is 0. The third-order valence-corrected chi connectivity index (χ3v) is 3.25. The van der Waals surface area contributed by atoms with E-state index in [9.17, 15) is 20.0 Å². The Morgan fingerprint density at radius 2 is 1.86 bits per heavy atom. The Balaban J connectivity index is 2.27. The van der Waals surface area contributed by atoms with E-state index in [1.165, 1.54) is 30.3 Å². The number of nitrogens with zero attached hydrogens (tertiary/aromatic N) is 1. The molecule has 0 saturated carbocycles. The molecule has 0 aliphatic rings. The normalized spacial score (nSPS) is 10.2. The first-order valence-electron chi connectivity index (χ1n) is 5.62. The van der Waals surface area contributed by atoms with E-state index in [4.69, 9.17) is 23.2 Å². The van der Waals surface area contributed by atoms with Gasteiger partial charge in [-0.25, -0.2) is 0 Å². The van der Waals surface area contributed by atoms with Crippen molar-refractivity contribution in [3.63, 3.8) is 0 Å². The van der Waals surface area contributed by atoms with Gasteiger partial charge in [0.2, 0.25) is 0 Å². The van der Waals surface area contributed by atoms with Gasteiger partial charge in [0.25, 0.3) is 11.6 Å². The Morgan fingerprint density at radius 1 is 1.14 bits per heavy atom. The van der Waals surface area contributed by atoms with Gasteiger partial charge in [0.05, 0.1) is 26.2 Å². The van der Waals surface area contributed by atoms with Crippen LogP contribution in [0.1, 0.15) is 10.4 Å². The summed E-state index contributed by atoms with van der Waals surface area (Å²) in [6.07, 6.45) is 0. The van der Waals surface area contributed by atoms with Crippen molar-refractivity contribution in [1.29, 1.82) is 0 Å². The van der Waals surface area contributed by atoms with Crippen molar-refractivity contribution in [3.8, 4) is 5.75 Å². The van der Waals surface area contributed by atoms with Crippen LogP contribution in [0, 0.1) is 10.1 Å². The smallest absolute Gasteiger partial charge is 0.271 e. The Kier molecular flexibility index (Phi) is 4.30. The average Bonchev–Trinajstić information content (AvgIpc) is 2.43. The van der Waals surface area contributed by atoms with Gasteiger partial charge in [-0.3, -0.25) is 14.9 Å². The first-order valence-corrected chi connectivity index (χ1v) is 6.38.